The molecule has 3 nitrogen and oxygen atoms in total. The van der Waals surface area contributed by atoms with Crippen LogP contribution >= 0.6 is 0 Å². The summed E-state index contributed by atoms with van der Waals surface area (Å²) in [6.45, 7) is 0. The normalized spacial score (nSPS) is 30.9. The van der Waals surface area contributed by atoms with Gasteiger partial charge in [-0.2, -0.15) is 0 Å². The molecule has 14 heavy (non-hydrogen) atoms. The molecule has 1 aromatic rings. The molecule has 1 heterocycles. The molecule has 1 fully saturated rings. The number of hydrogen-bond acceptors (Lipinski definition) is 3. The van der Waals surface area contributed by atoms with Gasteiger partial charge in [-0.1, -0.05) is 11.6 Å². The molecule has 0 bridgehead atoms. The van der Waals surface area contributed by atoms with Crippen molar-refractivity contribution in [2.75, 3.05) is 0 Å². The first-order valence-corrected chi connectivity index (χ1v) is 5.59. The molecule has 76 valence electrons. The van der Waals surface area contributed by atoms with E-state index in [2.05, 4.69) is 5.16 Å². The van der Waals surface area contributed by atoms with Gasteiger partial charge in [-0.25, -0.2) is 0 Å². The Balaban J connectivity index is 1.96. The average Bonchev–Trinajstić information content (AvgIpc) is 2.78. The van der Waals surface area contributed by atoms with Crippen LogP contribution in [0.25, 0.3) is 0 Å². The fourth-order valence-corrected chi connectivity index (χ4v) is 2.86. The summed E-state index contributed by atoms with van der Waals surface area (Å²) in [6, 6.07) is 0.299. The number of nitrogens with two attached hydrogens (primary N) is 1. The molecule has 0 saturated heterocycles. The molecule has 0 aromatic carbocycles. The van der Waals surface area contributed by atoms with E-state index in [4.69, 9.17) is 10.3 Å². The minimum atomic E-state index is 0.299. The maximum atomic E-state index is 6.08. The Morgan fingerprint density at radius 2 is 2.14 bits per heavy atom. The zero-order valence-electron chi connectivity index (χ0n) is 8.33. The Morgan fingerprint density at radius 3 is 2.93 bits per heavy atom. The lowest BCUT2D eigenvalue weighted by Crippen LogP contribution is -2.23. The highest BCUT2D eigenvalue weighted by molar-refractivity contribution is 5.31. The fraction of sp³-hybridized carbons (Fsp3) is 0.727. The number of aromatic nitrogens is 1. The molecule has 0 radical (unpaired) electrons. The molecule has 0 spiro atoms. The number of nitrogens with zero attached hydrogens (tertiary/aromatic N) is 1. The summed E-state index contributed by atoms with van der Waals surface area (Å²) in [7, 11) is 0. The second kappa shape index (κ2) is 3.09. The van der Waals surface area contributed by atoms with E-state index in [0.717, 1.165) is 25.0 Å². The van der Waals surface area contributed by atoms with E-state index in [-0.39, 0.29) is 0 Å². The van der Waals surface area contributed by atoms with Gasteiger partial charge in [0.2, 0.25) is 0 Å². The van der Waals surface area contributed by atoms with Crippen molar-refractivity contribution in [2.45, 2.75) is 50.5 Å². The summed E-state index contributed by atoms with van der Waals surface area (Å²) >= 11 is 0. The van der Waals surface area contributed by atoms with Gasteiger partial charge < -0.3 is 10.3 Å². The van der Waals surface area contributed by atoms with Crippen molar-refractivity contribution in [3.63, 3.8) is 0 Å². The van der Waals surface area contributed by atoms with Crippen LogP contribution in [0.5, 0.6) is 0 Å². The number of rotatable bonds is 1. The molecular weight excluding hydrogens is 176 g/mol. The zero-order chi connectivity index (χ0) is 9.54. The SMILES string of the molecule is NC1CCCC1c1onc2c1CCC2. The molecule has 2 unspecified atom stereocenters. The average molecular weight is 192 g/mol. The van der Waals surface area contributed by atoms with E-state index in [0.29, 0.717) is 12.0 Å². The molecule has 0 aliphatic heterocycles. The van der Waals surface area contributed by atoms with Gasteiger partial charge in [0.1, 0.15) is 5.76 Å². The number of fused-ring (bicyclic) bond motifs is 1. The van der Waals surface area contributed by atoms with Crippen molar-refractivity contribution in [2.24, 2.45) is 5.73 Å². The van der Waals surface area contributed by atoms with Crippen molar-refractivity contribution in [3.8, 4) is 0 Å². The second-order valence-electron chi connectivity index (χ2n) is 4.53. The molecule has 1 aromatic heterocycles. The predicted octanol–water partition coefficient (Wildman–Crippen LogP) is 1.76. The van der Waals surface area contributed by atoms with Crippen molar-refractivity contribution in [1.82, 2.24) is 5.16 Å². The molecule has 2 aliphatic carbocycles. The molecule has 2 aliphatic rings. The Bertz CT molecular complexity index is 345. The van der Waals surface area contributed by atoms with Crippen LogP contribution in [0.15, 0.2) is 4.52 Å². The Kier molecular flexibility index (Phi) is 1.87. The van der Waals surface area contributed by atoms with Gasteiger partial charge in [0.15, 0.2) is 0 Å². The maximum absolute atomic E-state index is 6.08. The topological polar surface area (TPSA) is 52.0 Å². The van der Waals surface area contributed by atoms with E-state index in [1.807, 2.05) is 0 Å². The summed E-state index contributed by atoms with van der Waals surface area (Å²) in [5.74, 6) is 1.56. The first-order valence-electron chi connectivity index (χ1n) is 5.59. The van der Waals surface area contributed by atoms with Crippen LogP contribution in [0.3, 0.4) is 0 Å². The summed E-state index contributed by atoms with van der Waals surface area (Å²) in [4.78, 5) is 0. The third kappa shape index (κ3) is 1.12. The van der Waals surface area contributed by atoms with E-state index in [1.54, 1.807) is 0 Å². The lowest BCUT2D eigenvalue weighted by atomic mass is 9.97. The predicted molar refractivity (Wildman–Crippen MR) is 53.1 cm³/mol. The lowest BCUT2D eigenvalue weighted by molar-refractivity contribution is 0.343. The Hall–Kier alpha value is -0.830. The Labute approximate surface area is 83.6 Å². The van der Waals surface area contributed by atoms with Gasteiger partial charge in [-0.3, -0.25) is 0 Å². The van der Waals surface area contributed by atoms with Crippen LogP contribution in [-0.2, 0) is 12.8 Å². The fourth-order valence-electron chi connectivity index (χ4n) is 2.86. The highest BCUT2D eigenvalue weighted by Gasteiger charge is 2.33. The maximum Gasteiger partial charge on any atom is 0.144 e. The number of hydrogen-bond donors (Lipinski definition) is 1. The number of aryl methyl sites for hydroxylation is 1. The van der Waals surface area contributed by atoms with E-state index < -0.39 is 0 Å². The van der Waals surface area contributed by atoms with Crippen LogP contribution in [0.2, 0.25) is 0 Å². The van der Waals surface area contributed by atoms with Gasteiger partial charge in [-0.05, 0) is 32.1 Å². The first kappa shape index (κ1) is 8.48. The van der Waals surface area contributed by atoms with E-state index in [9.17, 15) is 0 Å². The van der Waals surface area contributed by atoms with Crippen LogP contribution in [-0.4, -0.2) is 11.2 Å². The second-order valence-corrected chi connectivity index (χ2v) is 4.53. The first-order chi connectivity index (χ1) is 6.86. The van der Waals surface area contributed by atoms with Crippen molar-refractivity contribution < 1.29 is 4.52 Å². The quantitative estimate of drug-likeness (QED) is 0.737. The largest absolute Gasteiger partial charge is 0.360 e. The molecule has 0 amide bonds. The molecule has 3 heteroatoms. The molecule has 1 saturated carbocycles. The van der Waals surface area contributed by atoms with Gasteiger partial charge in [0.05, 0.1) is 5.69 Å². The highest BCUT2D eigenvalue weighted by Crippen LogP contribution is 2.38. The minimum absolute atomic E-state index is 0.299. The van der Waals surface area contributed by atoms with E-state index >= 15 is 0 Å². The summed E-state index contributed by atoms with van der Waals surface area (Å²) in [5, 5.41) is 4.15. The minimum Gasteiger partial charge on any atom is -0.360 e. The highest BCUT2D eigenvalue weighted by atomic mass is 16.5. The summed E-state index contributed by atoms with van der Waals surface area (Å²) in [5.41, 5.74) is 8.65. The third-order valence-corrected chi connectivity index (χ3v) is 3.65. The van der Waals surface area contributed by atoms with Crippen LogP contribution < -0.4 is 5.73 Å². The third-order valence-electron chi connectivity index (χ3n) is 3.65. The molecular formula is C11H16N2O. The summed E-state index contributed by atoms with van der Waals surface area (Å²) in [6.07, 6.45) is 7.05. The smallest absolute Gasteiger partial charge is 0.144 e. The van der Waals surface area contributed by atoms with Crippen molar-refractivity contribution in [1.29, 1.82) is 0 Å². The molecule has 3 rings (SSSR count). The lowest BCUT2D eigenvalue weighted by Gasteiger charge is -2.12. The van der Waals surface area contributed by atoms with E-state index in [1.165, 1.54) is 30.5 Å². The zero-order valence-corrected chi connectivity index (χ0v) is 8.33. The van der Waals surface area contributed by atoms with Gasteiger partial charge in [-0.15, -0.1) is 0 Å². The van der Waals surface area contributed by atoms with Crippen LogP contribution in [0.4, 0.5) is 0 Å². The van der Waals surface area contributed by atoms with Gasteiger partial charge in [0.25, 0.3) is 0 Å². The monoisotopic (exact) mass is 192 g/mol. The van der Waals surface area contributed by atoms with Crippen molar-refractivity contribution >= 4 is 0 Å². The summed E-state index contributed by atoms with van der Waals surface area (Å²) < 4.78 is 5.46. The Morgan fingerprint density at radius 1 is 1.21 bits per heavy atom. The molecule has 2 N–H and O–H groups in total. The standard InChI is InChI=1S/C11H16N2O/c12-9-5-1-3-7(9)11-8-4-2-6-10(8)13-14-11/h7,9H,1-6,12H2. The molecule has 2 atom stereocenters. The van der Waals surface area contributed by atoms with Crippen LogP contribution in [0, 0.1) is 0 Å². The van der Waals surface area contributed by atoms with Gasteiger partial charge in [0, 0.05) is 17.5 Å². The van der Waals surface area contributed by atoms with Crippen LogP contribution in [0.1, 0.15) is 48.6 Å². The van der Waals surface area contributed by atoms with Gasteiger partial charge >= 0.3 is 0 Å². The van der Waals surface area contributed by atoms with Crippen molar-refractivity contribution in [3.05, 3.63) is 17.0 Å².